The zero-order valence-electron chi connectivity index (χ0n) is 8.81. The van der Waals surface area contributed by atoms with E-state index < -0.39 is 0 Å². The number of nitrogens with zero attached hydrogens (tertiary/aromatic N) is 2. The van der Waals surface area contributed by atoms with Crippen LogP contribution >= 0.6 is 0 Å². The number of phenols is 1. The smallest absolute Gasteiger partial charge is 0.117 e. The van der Waals surface area contributed by atoms with Crippen LogP contribution in [0.2, 0.25) is 0 Å². The normalized spacial score (nSPS) is 11.1. The fourth-order valence-corrected chi connectivity index (χ4v) is 1.77. The molecule has 0 atom stereocenters. The number of phenolic OH excluding ortho intramolecular Hbond substituents is 1. The standard InChI is InChI=1S/C13H10N2O/c1-8-2-4-10-12(6-8)15-13-7-9(16)3-5-11(13)14-10/h2-7,16H,1H3. The van der Waals surface area contributed by atoms with E-state index in [0.29, 0.717) is 0 Å². The summed E-state index contributed by atoms with van der Waals surface area (Å²) in [6, 6.07) is 11.0. The lowest BCUT2D eigenvalue weighted by Gasteiger charge is -2.02. The largest absolute Gasteiger partial charge is 0.508 e. The van der Waals surface area contributed by atoms with Gasteiger partial charge in [-0.2, -0.15) is 0 Å². The summed E-state index contributed by atoms with van der Waals surface area (Å²) in [5.41, 5.74) is 4.41. The first kappa shape index (κ1) is 9.09. The molecule has 0 aliphatic carbocycles. The summed E-state index contributed by atoms with van der Waals surface area (Å²) in [6.07, 6.45) is 0. The van der Waals surface area contributed by atoms with Crippen LogP contribution in [0.15, 0.2) is 36.4 Å². The van der Waals surface area contributed by atoms with Crippen LogP contribution in [0, 0.1) is 6.92 Å². The van der Waals surface area contributed by atoms with Crippen molar-refractivity contribution in [3.63, 3.8) is 0 Å². The summed E-state index contributed by atoms with van der Waals surface area (Å²) in [6.45, 7) is 2.02. The Morgan fingerprint density at radius 2 is 1.44 bits per heavy atom. The Kier molecular flexibility index (Phi) is 1.80. The number of hydrogen-bond donors (Lipinski definition) is 1. The van der Waals surface area contributed by atoms with Crippen molar-refractivity contribution in [2.24, 2.45) is 0 Å². The molecule has 16 heavy (non-hydrogen) atoms. The first-order valence-corrected chi connectivity index (χ1v) is 5.09. The number of aromatic nitrogens is 2. The Bertz CT molecular complexity index is 635. The second-order valence-electron chi connectivity index (χ2n) is 3.89. The number of benzene rings is 2. The fraction of sp³-hybridized carbons (Fsp3) is 0.0769. The molecule has 0 radical (unpaired) electrons. The summed E-state index contributed by atoms with van der Waals surface area (Å²) < 4.78 is 0. The summed E-state index contributed by atoms with van der Waals surface area (Å²) in [4.78, 5) is 8.96. The van der Waals surface area contributed by atoms with Crippen molar-refractivity contribution in [1.82, 2.24) is 9.97 Å². The minimum Gasteiger partial charge on any atom is -0.508 e. The summed E-state index contributed by atoms with van der Waals surface area (Å²) in [7, 11) is 0. The fourth-order valence-electron chi connectivity index (χ4n) is 1.77. The average Bonchev–Trinajstić information content (AvgIpc) is 2.26. The lowest BCUT2D eigenvalue weighted by Crippen LogP contribution is -1.87. The van der Waals surface area contributed by atoms with Gasteiger partial charge < -0.3 is 5.11 Å². The number of aromatic hydroxyl groups is 1. The molecule has 1 heterocycles. The summed E-state index contributed by atoms with van der Waals surface area (Å²) in [5.74, 6) is 0.216. The van der Waals surface area contributed by atoms with E-state index in [1.54, 1.807) is 18.2 Å². The van der Waals surface area contributed by atoms with Crippen LogP contribution in [0.4, 0.5) is 0 Å². The molecule has 3 aromatic rings. The van der Waals surface area contributed by atoms with E-state index in [2.05, 4.69) is 9.97 Å². The van der Waals surface area contributed by atoms with Crippen LogP contribution in [-0.4, -0.2) is 15.1 Å². The van der Waals surface area contributed by atoms with E-state index in [-0.39, 0.29) is 5.75 Å². The molecule has 0 saturated carbocycles. The van der Waals surface area contributed by atoms with Crippen molar-refractivity contribution in [2.45, 2.75) is 6.92 Å². The second-order valence-corrected chi connectivity index (χ2v) is 3.89. The Morgan fingerprint density at radius 3 is 2.25 bits per heavy atom. The summed E-state index contributed by atoms with van der Waals surface area (Å²) in [5, 5.41) is 9.39. The zero-order valence-corrected chi connectivity index (χ0v) is 8.81. The van der Waals surface area contributed by atoms with Crippen molar-refractivity contribution >= 4 is 22.1 Å². The molecule has 3 rings (SSSR count). The first-order valence-electron chi connectivity index (χ1n) is 5.09. The zero-order chi connectivity index (χ0) is 11.1. The molecule has 0 amide bonds. The molecule has 1 N–H and O–H groups in total. The predicted molar refractivity (Wildman–Crippen MR) is 63.4 cm³/mol. The van der Waals surface area contributed by atoms with Crippen LogP contribution in [0.25, 0.3) is 22.1 Å². The quantitative estimate of drug-likeness (QED) is 0.580. The Labute approximate surface area is 92.4 Å². The highest BCUT2D eigenvalue weighted by Crippen LogP contribution is 2.20. The Balaban J connectivity index is 2.44. The van der Waals surface area contributed by atoms with Gasteiger partial charge in [-0.3, -0.25) is 0 Å². The van der Waals surface area contributed by atoms with Gasteiger partial charge in [0.1, 0.15) is 5.75 Å². The van der Waals surface area contributed by atoms with Gasteiger partial charge >= 0.3 is 0 Å². The van der Waals surface area contributed by atoms with Gasteiger partial charge in [0.05, 0.1) is 22.1 Å². The molecular weight excluding hydrogens is 200 g/mol. The highest BCUT2D eigenvalue weighted by molar-refractivity contribution is 5.87. The van der Waals surface area contributed by atoms with E-state index in [9.17, 15) is 5.11 Å². The third kappa shape index (κ3) is 1.37. The second kappa shape index (κ2) is 3.17. The molecule has 0 spiro atoms. The predicted octanol–water partition coefficient (Wildman–Crippen LogP) is 2.80. The molecule has 1 aromatic heterocycles. The minimum atomic E-state index is 0.216. The van der Waals surface area contributed by atoms with Gasteiger partial charge in [-0.05, 0) is 36.8 Å². The third-order valence-electron chi connectivity index (χ3n) is 2.57. The first-order chi connectivity index (χ1) is 7.72. The lowest BCUT2D eigenvalue weighted by molar-refractivity contribution is 0.476. The summed E-state index contributed by atoms with van der Waals surface area (Å²) >= 11 is 0. The molecule has 0 aliphatic rings. The molecule has 78 valence electrons. The molecule has 3 nitrogen and oxygen atoms in total. The molecule has 0 aliphatic heterocycles. The number of aryl methyl sites for hydroxylation is 1. The highest BCUT2D eigenvalue weighted by atomic mass is 16.3. The molecular formula is C13H10N2O. The van der Waals surface area contributed by atoms with Crippen molar-refractivity contribution in [3.8, 4) is 5.75 Å². The van der Waals surface area contributed by atoms with Crippen LogP contribution in [0.1, 0.15) is 5.56 Å². The van der Waals surface area contributed by atoms with Gasteiger partial charge in [-0.15, -0.1) is 0 Å². The van der Waals surface area contributed by atoms with Crippen LogP contribution < -0.4 is 0 Å². The van der Waals surface area contributed by atoms with Crippen LogP contribution in [-0.2, 0) is 0 Å². The lowest BCUT2D eigenvalue weighted by atomic mass is 10.2. The van der Waals surface area contributed by atoms with E-state index in [1.165, 1.54) is 0 Å². The van der Waals surface area contributed by atoms with Crippen LogP contribution in [0.5, 0.6) is 5.75 Å². The van der Waals surface area contributed by atoms with Gasteiger partial charge in [0.25, 0.3) is 0 Å². The van der Waals surface area contributed by atoms with Crippen molar-refractivity contribution in [2.75, 3.05) is 0 Å². The maximum absolute atomic E-state index is 9.39. The molecule has 0 saturated heterocycles. The maximum Gasteiger partial charge on any atom is 0.117 e. The maximum atomic E-state index is 9.39. The number of fused-ring (bicyclic) bond motifs is 2. The van der Waals surface area contributed by atoms with Crippen LogP contribution in [0.3, 0.4) is 0 Å². The van der Waals surface area contributed by atoms with Crippen molar-refractivity contribution < 1.29 is 5.11 Å². The Morgan fingerprint density at radius 1 is 0.812 bits per heavy atom. The number of hydrogen-bond acceptors (Lipinski definition) is 3. The molecule has 2 aromatic carbocycles. The van der Waals surface area contributed by atoms with Crippen molar-refractivity contribution in [3.05, 3.63) is 42.0 Å². The van der Waals surface area contributed by atoms with E-state index in [4.69, 9.17) is 0 Å². The monoisotopic (exact) mass is 210 g/mol. The number of rotatable bonds is 0. The highest BCUT2D eigenvalue weighted by Gasteiger charge is 2.02. The minimum absolute atomic E-state index is 0.216. The van der Waals surface area contributed by atoms with E-state index in [0.717, 1.165) is 27.6 Å². The average molecular weight is 210 g/mol. The van der Waals surface area contributed by atoms with Gasteiger partial charge in [-0.1, -0.05) is 6.07 Å². The third-order valence-corrected chi connectivity index (χ3v) is 2.57. The van der Waals surface area contributed by atoms with Crippen molar-refractivity contribution in [1.29, 1.82) is 0 Å². The van der Waals surface area contributed by atoms with Gasteiger partial charge in [0.15, 0.2) is 0 Å². The van der Waals surface area contributed by atoms with Gasteiger partial charge in [-0.25, -0.2) is 9.97 Å². The van der Waals surface area contributed by atoms with Gasteiger partial charge in [0, 0.05) is 6.07 Å². The molecule has 0 unspecified atom stereocenters. The SMILES string of the molecule is Cc1ccc2nc3ccc(O)cc3nc2c1. The van der Waals surface area contributed by atoms with E-state index in [1.807, 2.05) is 25.1 Å². The molecule has 0 bridgehead atoms. The van der Waals surface area contributed by atoms with E-state index >= 15 is 0 Å². The topological polar surface area (TPSA) is 46.0 Å². The molecule has 0 fully saturated rings. The van der Waals surface area contributed by atoms with Gasteiger partial charge in [0.2, 0.25) is 0 Å². The Hall–Kier alpha value is -2.16. The molecule has 3 heteroatoms.